The van der Waals surface area contributed by atoms with Gasteiger partial charge < -0.3 is 24.4 Å². The van der Waals surface area contributed by atoms with Crippen LogP contribution in [0.3, 0.4) is 0 Å². The molecule has 1 aliphatic carbocycles. The van der Waals surface area contributed by atoms with Crippen LogP contribution in [0.5, 0.6) is 0 Å². The fourth-order valence-electron chi connectivity index (χ4n) is 2.46. The highest BCUT2D eigenvalue weighted by molar-refractivity contribution is 5.13. The van der Waals surface area contributed by atoms with E-state index in [4.69, 9.17) is 14.2 Å². The van der Waals surface area contributed by atoms with E-state index in [2.05, 4.69) is 0 Å². The molecule has 5 nitrogen and oxygen atoms in total. The van der Waals surface area contributed by atoms with E-state index >= 15 is 0 Å². The summed E-state index contributed by atoms with van der Waals surface area (Å²) in [4.78, 5) is 0. The lowest BCUT2D eigenvalue weighted by Crippen LogP contribution is -2.37. The molecule has 2 fully saturated rings. The summed E-state index contributed by atoms with van der Waals surface area (Å²) in [6, 6.07) is 9.90. The van der Waals surface area contributed by atoms with Crippen LogP contribution in [0.1, 0.15) is 5.56 Å². The monoisotopic (exact) mass is 266 g/mol. The highest BCUT2D eigenvalue weighted by Gasteiger charge is 2.62. The molecule has 1 heterocycles. The van der Waals surface area contributed by atoms with E-state index in [0.717, 1.165) is 5.56 Å². The van der Waals surface area contributed by atoms with Gasteiger partial charge >= 0.3 is 0 Å². The van der Waals surface area contributed by atoms with Crippen molar-refractivity contribution in [1.82, 2.24) is 0 Å². The molecule has 0 radical (unpaired) electrons. The Kier molecular flexibility index (Phi) is 3.81. The first kappa shape index (κ1) is 13.0. The minimum Gasteiger partial charge on any atom is -0.387 e. The molecule has 0 aromatic heterocycles. The Hall–Kier alpha value is -0.980. The Morgan fingerprint density at radius 2 is 1.79 bits per heavy atom. The summed E-state index contributed by atoms with van der Waals surface area (Å²) in [5.74, 6) is 0. The third-order valence-electron chi connectivity index (χ3n) is 3.56. The van der Waals surface area contributed by atoms with Crippen molar-refractivity contribution >= 4 is 0 Å². The average molecular weight is 266 g/mol. The van der Waals surface area contributed by atoms with Gasteiger partial charge in [-0.25, -0.2) is 0 Å². The molecule has 1 saturated carbocycles. The van der Waals surface area contributed by atoms with Gasteiger partial charge in [-0.2, -0.15) is 0 Å². The lowest BCUT2D eigenvalue weighted by Gasteiger charge is -2.20. The number of aliphatic hydroxyl groups is 2. The van der Waals surface area contributed by atoms with Gasteiger partial charge in [-0.3, -0.25) is 0 Å². The fraction of sp³-hybridized carbons (Fsp3) is 0.571. The molecule has 0 unspecified atom stereocenters. The molecule has 2 aliphatic rings. The van der Waals surface area contributed by atoms with Crippen molar-refractivity contribution in [2.45, 2.75) is 37.1 Å². The highest BCUT2D eigenvalue weighted by atomic mass is 16.6. The summed E-state index contributed by atoms with van der Waals surface area (Å²) in [7, 11) is 0. The molecule has 1 aliphatic heterocycles. The van der Waals surface area contributed by atoms with Crippen molar-refractivity contribution in [3.63, 3.8) is 0 Å². The zero-order valence-corrected chi connectivity index (χ0v) is 10.5. The number of epoxide rings is 1. The van der Waals surface area contributed by atoms with Gasteiger partial charge in [0.25, 0.3) is 0 Å². The van der Waals surface area contributed by atoms with Crippen molar-refractivity contribution in [1.29, 1.82) is 0 Å². The first-order valence-electron chi connectivity index (χ1n) is 6.52. The molecule has 19 heavy (non-hydrogen) atoms. The molecule has 3 rings (SSSR count). The standard InChI is InChI=1S/C14H18O5/c15-10-11(16)13-14(19-13)12(10)18-7-6-17-8-9-4-2-1-3-5-9/h1-5,10-16H,6-8H2/t10-,11+,12+,13+,14-/m0/s1. The largest absolute Gasteiger partial charge is 0.387 e. The number of aliphatic hydroxyl groups excluding tert-OH is 2. The van der Waals surface area contributed by atoms with E-state index < -0.39 is 18.3 Å². The predicted molar refractivity (Wildman–Crippen MR) is 66.5 cm³/mol. The number of hydrogen-bond acceptors (Lipinski definition) is 5. The first-order chi connectivity index (χ1) is 9.27. The van der Waals surface area contributed by atoms with Gasteiger partial charge in [-0.1, -0.05) is 30.3 Å². The molecule has 0 amide bonds. The highest BCUT2D eigenvalue weighted by Crippen LogP contribution is 2.40. The molecule has 5 heteroatoms. The van der Waals surface area contributed by atoms with E-state index in [9.17, 15) is 10.2 Å². The summed E-state index contributed by atoms with van der Waals surface area (Å²) < 4.78 is 16.2. The molecular weight excluding hydrogens is 248 g/mol. The summed E-state index contributed by atoms with van der Waals surface area (Å²) in [6.07, 6.45) is -2.50. The zero-order valence-electron chi connectivity index (χ0n) is 10.5. The summed E-state index contributed by atoms with van der Waals surface area (Å²) in [5.41, 5.74) is 1.12. The van der Waals surface area contributed by atoms with Gasteiger partial charge in [-0.05, 0) is 5.56 Å². The van der Waals surface area contributed by atoms with Gasteiger partial charge in [-0.15, -0.1) is 0 Å². The van der Waals surface area contributed by atoms with Crippen LogP contribution in [0.4, 0.5) is 0 Å². The van der Waals surface area contributed by atoms with Crippen LogP contribution >= 0.6 is 0 Å². The van der Waals surface area contributed by atoms with E-state index in [-0.39, 0.29) is 12.2 Å². The van der Waals surface area contributed by atoms with Crippen LogP contribution in [-0.2, 0) is 20.8 Å². The average Bonchev–Trinajstić information content (AvgIpc) is 3.18. The quantitative estimate of drug-likeness (QED) is 0.564. The van der Waals surface area contributed by atoms with Crippen LogP contribution < -0.4 is 0 Å². The van der Waals surface area contributed by atoms with Crippen LogP contribution in [0.15, 0.2) is 30.3 Å². The minimum atomic E-state index is -0.849. The third-order valence-corrected chi connectivity index (χ3v) is 3.56. The van der Waals surface area contributed by atoms with Gasteiger partial charge in [0.1, 0.15) is 30.5 Å². The SMILES string of the molecule is O[C@@H]1[C@H](O)[C@@H](OCCOCc2ccccc2)[C@@H]2O[C@H]12. The fourth-order valence-corrected chi connectivity index (χ4v) is 2.46. The molecular formula is C14H18O5. The molecule has 2 N–H and O–H groups in total. The Labute approximate surface area is 111 Å². The molecule has 1 saturated heterocycles. The van der Waals surface area contributed by atoms with Crippen molar-refractivity contribution in [2.75, 3.05) is 13.2 Å². The van der Waals surface area contributed by atoms with Crippen LogP contribution in [0, 0.1) is 0 Å². The summed E-state index contributed by atoms with van der Waals surface area (Å²) >= 11 is 0. The Bertz CT molecular complexity index is 410. The Morgan fingerprint density at radius 3 is 2.47 bits per heavy atom. The molecule has 5 atom stereocenters. The molecule has 0 spiro atoms. The number of hydrogen-bond donors (Lipinski definition) is 2. The van der Waals surface area contributed by atoms with Crippen molar-refractivity contribution in [2.24, 2.45) is 0 Å². The second-order valence-corrected chi connectivity index (χ2v) is 4.92. The maximum Gasteiger partial charge on any atom is 0.116 e. The van der Waals surface area contributed by atoms with E-state index in [1.54, 1.807) is 0 Å². The molecule has 1 aromatic rings. The summed E-state index contributed by atoms with van der Waals surface area (Å²) in [6.45, 7) is 1.38. The normalized spacial score (nSPS) is 36.2. The second-order valence-electron chi connectivity index (χ2n) is 4.92. The number of ether oxygens (including phenoxy) is 3. The first-order valence-corrected chi connectivity index (χ1v) is 6.52. The predicted octanol–water partition coefficient (Wildman–Crippen LogP) is 0.0912. The van der Waals surface area contributed by atoms with E-state index in [1.165, 1.54) is 0 Å². The van der Waals surface area contributed by atoms with Crippen LogP contribution in [0.25, 0.3) is 0 Å². The second kappa shape index (κ2) is 5.56. The summed E-state index contributed by atoms with van der Waals surface area (Å²) in [5, 5.41) is 19.2. The van der Waals surface area contributed by atoms with E-state index in [1.807, 2.05) is 30.3 Å². The number of fused-ring (bicyclic) bond motifs is 1. The Morgan fingerprint density at radius 1 is 1.00 bits per heavy atom. The maximum absolute atomic E-state index is 9.70. The van der Waals surface area contributed by atoms with Gasteiger partial charge in [0.15, 0.2) is 0 Å². The van der Waals surface area contributed by atoms with Gasteiger partial charge in [0.05, 0.1) is 19.8 Å². The lowest BCUT2D eigenvalue weighted by atomic mass is 10.2. The van der Waals surface area contributed by atoms with Crippen LogP contribution in [0.2, 0.25) is 0 Å². The minimum absolute atomic E-state index is 0.154. The Balaban J connectivity index is 1.33. The zero-order chi connectivity index (χ0) is 13.2. The van der Waals surface area contributed by atoms with Gasteiger partial charge in [0, 0.05) is 0 Å². The molecule has 0 bridgehead atoms. The van der Waals surface area contributed by atoms with Gasteiger partial charge in [0.2, 0.25) is 0 Å². The van der Waals surface area contributed by atoms with Crippen molar-refractivity contribution in [3.8, 4) is 0 Å². The third kappa shape index (κ3) is 2.80. The molecule has 1 aromatic carbocycles. The molecule has 104 valence electrons. The lowest BCUT2D eigenvalue weighted by molar-refractivity contribution is -0.104. The smallest absolute Gasteiger partial charge is 0.116 e. The number of rotatable bonds is 6. The van der Waals surface area contributed by atoms with E-state index in [0.29, 0.717) is 19.8 Å². The van der Waals surface area contributed by atoms with Crippen LogP contribution in [-0.4, -0.2) is 53.9 Å². The maximum atomic E-state index is 9.70. The number of benzene rings is 1. The van der Waals surface area contributed by atoms with Crippen molar-refractivity contribution < 1.29 is 24.4 Å². The topological polar surface area (TPSA) is 71.5 Å². The van der Waals surface area contributed by atoms with Crippen molar-refractivity contribution in [3.05, 3.63) is 35.9 Å².